The Labute approximate surface area is 209 Å². The van der Waals surface area contributed by atoms with E-state index in [1.54, 1.807) is 11.1 Å². The molecule has 1 saturated heterocycles. The lowest BCUT2D eigenvalue weighted by molar-refractivity contribution is 0.264. The third-order valence-electron chi connectivity index (χ3n) is 8.62. The van der Waals surface area contributed by atoms with Crippen molar-refractivity contribution in [2.75, 3.05) is 25.0 Å². The summed E-state index contributed by atoms with van der Waals surface area (Å²) in [6, 6.07) is 5.87. The summed E-state index contributed by atoms with van der Waals surface area (Å²) in [6.45, 7) is 15.3. The molecule has 1 N–H and O–H groups in total. The van der Waals surface area contributed by atoms with E-state index >= 15 is 0 Å². The third kappa shape index (κ3) is 5.62. The SMILES string of the molecule is C=C/C(=C\N(C)C1CCNCC1)c1ccc2c(c1CCC1CCCCC1)CC[C@H](C)N2C(=C)C. The fourth-order valence-corrected chi connectivity index (χ4v) is 6.64. The van der Waals surface area contributed by atoms with Crippen LogP contribution in [0.4, 0.5) is 5.69 Å². The Bertz CT molecular complexity index is 886. The van der Waals surface area contributed by atoms with Crippen molar-refractivity contribution >= 4 is 11.3 Å². The van der Waals surface area contributed by atoms with Crippen molar-refractivity contribution in [2.24, 2.45) is 5.92 Å². The first-order valence-electron chi connectivity index (χ1n) is 13.9. The molecule has 0 aromatic heterocycles. The highest BCUT2D eigenvalue weighted by Crippen LogP contribution is 2.40. The molecule has 0 bridgehead atoms. The Kier molecular flexibility index (Phi) is 8.58. The Morgan fingerprint density at radius 2 is 1.85 bits per heavy atom. The summed E-state index contributed by atoms with van der Waals surface area (Å²) in [7, 11) is 2.25. The van der Waals surface area contributed by atoms with Gasteiger partial charge in [-0.25, -0.2) is 0 Å². The molecule has 3 aliphatic rings. The number of nitrogens with zero attached hydrogens (tertiary/aromatic N) is 2. The summed E-state index contributed by atoms with van der Waals surface area (Å²) in [6.07, 6.45) is 18.9. The highest BCUT2D eigenvalue weighted by Gasteiger charge is 2.28. The van der Waals surface area contributed by atoms with E-state index < -0.39 is 0 Å². The minimum atomic E-state index is 0.516. The summed E-state index contributed by atoms with van der Waals surface area (Å²) in [4.78, 5) is 4.93. The van der Waals surface area contributed by atoms with Gasteiger partial charge >= 0.3 is 0 Å². The number of nitrogens with one attached hydrogen (secondary N) is 1. The number of anilines is 1. The van der Waals surface area contributed by atoms with Crippen molar-refractivity contribution in [1.82, 2.24) is 10.2 Å². The van der Waals surface area contributed by atoms with Gasteiger partial charge in [0.05, 0.1) is 0 Å². The van der Waals surface area contributed by atoms with E-state index in [1.165, 1.54) is 87.5 Å². The molecule has 0 amide bonds. The lowest BCUT2D eigenvalue weighted by atomic mass is 9.81. The van der Waals surface area contributed by atoms with Crippen LogP contribution < -0.4 is 10.2 Å². The molecule has 2 heterocycles. The molecule has 2 fully saturated rings. The fraction of sp³-hybridized carbons (Fsp3) is 0.613. The van der Waals surface area contributed by atoms with Crippen LogP contribution in [0.25, 0.3) is 5.57 Å². The van der Waals surface area contributed by atoms with Crippen LogP contribution in [0, 0.1) is 5.92 Å². The predicted octanol–water partition coefficient (Wildman–Crippen LogP) is 7.08. The number of fused-ring (bicyclic) bond motifs is 1. The summed E-state index contributed by atoms with van der Waals surface area (Å²) >= 11 is 0. The Morgan fingerprint density at radius 1 is 1.12 bits per heavy atom. The molecule has 1 aliphatic carbocycles. The molecule has 1 saturated carbocycles. The first-order chi connectivity index (χ1) is 16.5. The summed E-state index contributed by atoms with van der Waals surface area (Å²) in [5.41, 5.74) is 8.37. The van der Waals surface area contributed by atoms with Crippen molar-refractivity contribution < 1.29 is 0 Å². The maximum absolute atomic E-state index is 4.33. The van der Waals surface area contributed by atoms with Crippen LogP contribution in [-0.4, -0.2) is 37.1 Å². The molecule has 3 heteroatoms. The Morgan fingerprint density at radius 3 is 2.53 bits per heavy atom. The topological polar surface area (TPSA) is 18.5 Å². The normalized spacial score (nSPS) is 22.4. The molecular formula is C31H47N3. The Hall–Kier alpha value is -2.00. The van der Waals surface area contributed by atoms with Crippen LogP contribution in [0.15, 0.2) is 43.3 Å². The molecule has 1 aromatic rings. The van der Waals surface area contributed by atoms with Gasteiger partial charge in [0.25, 0.3) is 0 Å². The zero-order valence-corrected chi connectivity index (χ0v) is 22.0. The quantitative estimate of drug-likeness (QED) is 0.417. The van der Waals surface area contributed by atoms with E-state index in [9.17, 15) is 0 Å². The maximum atomic E-state index is 4.33. The van der Waals surface area contributed by atoms with Gasteiger partial charge in [0.15, 0.2) is 0 Å². The van der Waals surface area contributed by atoms with Crippen LogP contribution >= 0.6 is 0 Å². The number of rotatable bonds is 8. The van der Waals surface area contributed by atoms with Crippen LogP contribution in [0.3, 0.4) is 0 Å². The largest absolute Gasteiger partial charge is 0.377 e. The van der Waals surface area contributed by atoms with Gasteiger partial charge in [-0.3, -0.25) is 0 Å². The summed E-state index contributed by atoms with van der Waals surface area (Å²) in [5.74, 6) is 0.894. The average molecular weight is 462 g/mol. The van der Waals surface area contributed by atoms with E-state index in [0.29, 0.717) is 12.1 Å². The molecule has 0 spiro atoms. The molecule has 1 atom stereocenters. The number of benzene rings is 1. The first kappa shape index (κ1) is 25.1. The maximum Gasteiger partial charge on any atom is 0.0446 e. The molecule has 34 heavy (non-hydrogen) atoms. The molecule has 186 valence electrons. The summed E-state index contributed by atoms with van der Waals surface area (Å²) in [5, 5.41) is 3.50. The highest BCUT2D eigenvalue weighted by atomic mass is 15.2. The number of allylic oxidation sites excluding steroid dienone is 3. The van der Waals surface area contributed by atoms with Gasteiger partial charge < -0.3 is 15.1 Å². The van der Waals surface area contributed by atoms with Crippen molar-refractivity contribution in [2.45, 2.75) is 96.6 Å². The standard InChI is InChI=1S/C31H47N3/c1-6-26(22-33(5)27-18-20-32-21-19-27)28-16-17-31-30(14-12-24(4)34(31)23(2)3)29(28)15-13-25-10-8-7-9-11-25/h6,16-17,22,24-25,27,32H,1-2,7-15,18-21H2,3-5H3/b26-22+/t24-/m0/s1. The fourth-order valence-electron chi connectivity index (χ4n) is 6.64. The lowest BCUT2D eigenvalue weighted by Gasteiger charge is -2.39. The van der Waals surface area contributed by atoms with Gasteiger partial charge in [-0.05, 0) is 99.7 Å². The minimum Gasteiger partial charge on any atom is -0.377 e. The van der Waals surface area contributed by atoms with Crippen LogP contribution in [0.2, 0.25) is 0 Å². The molecule has 0 unspecified atom stereocenters. The van der Waals surface area contributed by atoms with Crippen molar-refractivity contribution in [1.29, 1.82) is 0 Å². The van der Waals surface area contributed by atoms with E-state index in [4.69, 9.17) is 0 Å². The number of hydrogen-bond acceptors (Lipinski definition) is 3. The van der Waals surface area contributed by atoms with Crippen molar-refractivity contribution in [3.8, 4) is 0 Å². The zero-order valence-electron chi connectivity index (χ0n) is 22.0. The molecule has 3 nitrogen and oxygen atoms in total. The second-order valence-corrected chi connectivity index (χ2v) is 11.1. The van der Waals surface area contributed by atoms with E-state index in [1.807, 2.05) is 0 Å². The lowest BCUT2D eigenvalue weighted by Crippen LogP contribution is -2.38. The minimum absolute atomic E-state index is 0.516. The van der Waals surface area contributed by atoms with E-state index in [-0.39, 0.29) is 0 Å². The van der Waals surface area contributed by atoms with Gasteiger partial charge in [-0.2, -0.15) is 0 Å². The smallest absolute Gasteiger partial charge is 0.0446 e. The van der Waals surface area contributed by atoms with Gasteiger partial charge in [0.1, 0.15) is 0 Å². The van der Waals surface area contributed by atoms with E-state index in [0.717, 1.165) is 24.7 Å². The van der Waals surface area contributed by atoms with Crippen molar-refractivity contribution in [3.63, 3.8) is 0 Å². The van der Waals surface area contributed by atoms with Gasteiger partial charge in [0, 0.05) is 36.7 Å². The molecule has 2 aliphatic heterocycles. The van der Waals surface area contributed by atoms with E-state index in [2.05, 4.69) is 73.6 Å². The van der Waals surface area contributed by atoms with Gasteiger partial charge in [-0.1, -0.05) is 57.4 Å². The van der Waals surface area contributed by atoms with Crippen LogP contribution in [0.1, 0.15) is 88.3 Å². The molecule has 1 aromatic carbocycles. The second kappa shape index (κ2) is 11.6. The third-order valence-corrected chi connectivity index (χ3v) is 8.62. The summed E-state index contributed by atoms with van der Waals surface area (Å²) < 4.78 is 0. The second-order valence-electron chi connectivity index (χ2n) is 11.1. The van der Waals surface area contributed by atoms with Gasteiger partial charge in [-0.15, -0.1) is 0 Å². The molecular weight excluding hydrogens is 414 g/mol. The van der Waals surface area contributed by atoms with Crippen LogP contribution in [0.5, 0.6) is 0 Å². The zero-order chi connectivity index (χ0) is 24.1. The monoisotopic (exact) mass is 461 g/mol. The highest BCUT2D eigenvalue weighted by molar-refractivity contribution is 5.79. The van der Waals surface area contributed by atoms with Crippen LogP contribution in [-0.2, 0) is 12.8 Å². The van der Waals surface area contributed by atoms with Gasteiger partial charge in [0.2, 0.25) is 0 Å². The first-order valence-corrected chi connectivity index (χ1v) is 13.9. The van der Waals surface area contributed by atoms with Crippen molar-refractivity contribution in [3.05, 3.63) is 60.0 Å². The number of hydrogen-bond donors (Lipinski definition) is 1. The average Bonchev–Trinajstić information content (AvgIpc) is 2.86. The number of piperidine rings is 1. The molecule has 4 rings (SSSR count). The Balaban J connectivity index is 1.70. The molecule has 0 radical (unpaired) electrons. The predicted molar refractivity (Wildman–Crippen MR) is 148 cm³/mol.